The number of ether oxygens (including phenoxy) is 1. The van der Waals surface area contributed by atoms with Gasteiger partial charge in [0.15, 0.2) is 11.2 Å². The number of nitrogens with zero attached hydrogens (tertiary/aromatic N) is 5. The molecule has 0 amide bonds. The molecule has 3 N–H and O–H groups in total. The normalized spacial score (nSPS) is 28.6. The molecule has 120 valence electrons. The summed E-state index contributed by atoms with van der Waals surface area (Å²) in [4.78, 5) is 8.58. The minimum atomic E-state index is -1.04. The van der Waals surface area contributed by atoms with Gasteiger partial charge in [0.05, 0.1) is 31.1 Å². The van der Waals surface area contributed by atoms with Crippen molar-refractivity contribution >= 4 is 11.2 Å². The Morgan fingerprint density at radius 3 is 2.73 bits per heavy atom. The molecule has 0 bridgehead atoms. The molecule has 0 aromatic carbocycles. The van der Waals surface area contributed by atoms with Gasteiger partial charge in [-0.1, -0.05) is 5.21 Å². The number of hydrogen-bond acceptors (Lipinski definition) is 8. The van der Waals surface area contributed by atoms with E-state index in [2.05, 4.69) is 20.3 Å². The highest BCUT2D eigenvalue weighted by Crippen LogP contribution is 2.33. The second-order valence-electron chi connectivity index (χ2n) is 5.48. The van der Waals surface area contributed by atoms with Crippen LogP contribution in [0.5, 0.6) is 0 Å². The molecule has 0 radical (unpaired) electrons. The van der Waals surface area contributed by atoms with Crippen molar-refractivity contribution in [3.63, 3.8) is 0 Å². The van der Waals surface area contributed by atoms with E-state index in [4.69, 9.17) is 9.84 Å². The van der Waals surface area contributed by atoms with Gasteiger partial charge in [0.25, 0.3) is 0 Å². The minimum absolute atomic E-state index is 0.111. The molecule has 0 unspecified atom stereocenters. The van der Waals surface area contributed by atoms with E-state index in [0.717, 1.165) is 5.69 Å². The first-order chi connectivity index (χ1) is 10.5. The average Bonchev–Trinajstić information content (AvgIpc) is 3.00. The third kappa shape index (κ3) is 2.45. The highest BCUT2D eigenvalue weighted by atomic mass is 16.5. The van der Waals surface area contributed by atoms with Gasteiger partial charge in [-0.2, -0.15) is 0 Å². The van der Waals surface area contributed by atoms with E-state index < -0.39 is 24.4 Å². The third-order valence-corrected chi connectivity index (χ3v) is 3.95. The van der Waals surface area contributed by atoms with Crippen LogP contribution in [0.25, 0.3) is 11.2 Å². The predicted octanol–water partition coefficient (Wildman–Crippen LogP) is -1.12. The van der Waals surface area contributed by atoms with Crippen molar-refractivity contribution in [1.29, 1.82) is 0 Å². The van der Waals surface area contributed by atoms with Crippen molar-refractivity contribution < 1.29 is 20.1 Å². The molecule has 2 aromatic heterocycles. The van der Waals surface area contributed by atoms with Gasteiger partial charge in [-0.05, 0) is 13.8 Å². The van der Waals surface area contributed by atoms with E-state index in [1.165, 1.54) is 4.68 Å². The molecule has 1 fully saturated rings. The highest BCUT2D eigenvalue weighted by Gasteiger charge is 2.44. The zero-order valence-corrected chi connectivity index (χ0v) is 12.4. The van der Waals surface area contributed by atoms with Crippen molar-refractivity contribution in [3.05, 3.63) is 11.5 Å². The molecule has 4 atom stereocenters. The Morgan fingerprint density at radius 2 is 2.00 bits per heavy atom. The average molecular weight is 309 g/mol. The zero-order chi connectivity index (χ0) is 15.9. The Kier molecular flexibility index (Phi) is 4.04. The van der Waals surface area contributed by atoms with E-state index >= 15 is 0 Å². The summed E-state index contributed by atoms with van der Waals surface area (Å²) in [6, 6.07) is -0.489. The summed E-state index contributed by atoms with van der Waals surface area (Å²) in [6.07, 6.45) is -2.28. The largest absolute Gasteiger partial charge is 0.394 e. The molecule has 9 heteroatoms. The van der Waals surface area contributed by atoms with Gasteiger partial charge in [-0.25, -0.2) is 14.6 Å². The molecular weight excluding hydrogens is 290 g/mol. The standard InChI is InChI=1S/C13H19N5O4/c1-6-10-13(15-7(2)14-6)18(17-16-10)8-5-9(22-4-3-19)12(21)11(8)20/h8-9,11-12,19-21H,3-5H2,1-2H3/t8-,9+,11+,12-/m1/s1. The third-order valence-electron chi connectivity index (χ3n) is 3.95. The topological polar surface area (TPSA) is 126 Å². The Balaban J connectivity index is 1.94. The summed E-state index contributed by atoms with van der Waals surface area (Å²) in [7, 11) is 0. The Hall–Kier alpha value is -1.68. The molecule has 1 aliphatic rings. The molecule has 0 aliphatic heterocycles. The maximum absolute atomic E-state index is 10.3. The van der Waals surface area contributed by atoms with Gasteiger partial charge < -0.3 is 20.1 Å². The molecule has 0 saturated heterocycles. The summed E-state index contributed by atoms with van der Waals surface area (Å²) in [6.45, 7) is 3.57. The molecule has 1 saturated carbocycles. The lowest BCUT2D eigenvalue weighted by molar-refractivity contribution is -0.0629. The second kappa shape index (κ2) is 5.84. The first-order valence-corrected chi connectivity index (χ1v) is 7.17. The molecule has 3 rings (SSSR count). The van der Waals surface area contributed by atoms with Gasteiger partial charge in [-0.3, -0.25) is 0 Å². The van der Waals surface area contributed by atoms with Crippen LogP contribution in [0.3, 0.4) is 0 Å². The second-order valence-corrected chi connectivity index (χ2v) is 5.48. The van der Waals surface area contributed by atoms with Crippen LogP contribution in [0.15, 0.2) is 0 Å². The summed E-state index contributed by atoms with van der Waals surface area (Å²) in [5.74, 6) is 0.592. The lowest BCUT2D eigenvalue weighted by Gasteiger charge is -2.17. The number of hydrogen-bond donors (Lipinski definition) is 3. The van der Waals surface area contributed by atoms with Gasteiger partial charge in [-0.15, -0.1) is 5.10 Å². The molecular formula is C13H19N5O4. The number of aliphatic hydroxyl groups excluding tert-OH is 3. The molecule has 1 aliphatic carbocycles. The van der Waals surface area contributed by atoms with E-state index in [-0.39, 0.29) is 13.2 Å². The van der Waals surface area contributed by atoms with Crippen LogP contribution in [0, 0.1) is 13.8 Å². The SMILES string of the molecule is Cc1nc(C)c2nnn([C@@H]3C[C@H](OCCO)[C@@H](O)[C@H]3O)c2n1. The van der Waals surface area contributed by atoms with Crippen molar-refractivity contribution in [2.75, 3.05) is 13.2 Å². The lowest BCUT2D eigenvalue weighted by Crippen LogP contribution is -2.33. The van der Waals surface area contributed by atoms with E-state index in [1.807, 2.05) is 6.92 Å². The van der Waals surface area contributed by atoms with Gasteiger partial charge in [0.1, 0.15) is 18.0 Å². The van der Waals surface area contributed by atoms with E-state index in [1.54, 1.807) is 6.92 Å². The molecule has 9 nitrogen and oxygen atoms in total. The van der Waals surface area contributed by atoms with Crippen molar-refractivity contribution in [3.8, 4) is 0 Å². The first-order valence-electron chi connectivity index (χ1n) is 7.17. The van der Waals surface area contributed by atoms with Gasteiger partial charge in [0, 0.05) is 6.42 Å². The highest BCUT2D eigenvalue weighted by molar-refractivity contribution is 5.72. The van der Waals surface area contributed by atoms with Crippen LogP contribution >= 0.6 is 0 Å². The molecule has 2 aromatic rings. The number of aromatic nitrogens is 5. The van der Waals surface area contributed by atoms with Crippen LogP contribution in [0.1, 0.15) is 24.0 Å². The summed E-state index contributed by atoms with van der Waals surface area (Å²) in [5, 5.41) is 37.3. The zero-order valence-electron chi connectivity index (χ0n) is 12.4. The van der Waals surface area contributed by atoms with Gasteiger partial charge >= 0.3 is 0 Å². The van der Waals surface area contributed by atoms with Crippen molar-refractivity contribution in [2.45, 2.75) is 44.6 Å². The minimum Gasteiger partial charge on any atom is -0.394 e. The van der Waals surface area contributed by atoms with Crippen LogP contribution in [-0.2, 0) is 4.74 Å². The van der Waals surface area contributed by atoms with Crippen LogP contribution in [0.4, 0.5) is 0 Å². The van der Waals surface area contributed by atoms with Crippen LogP contribution in [-0.4, -0.2) is 71.8 Å². The fourth-order valence-electron chi connectivity index (χ4n) is 2.90. The lowest BCUT2D eigenvalue weighted by atomic mass is 10.2. The quantitative estimate of drug-likeness (QED) is 0.648. The number of aliphatic hydroxyl groups is 3. The maximum atomic E-state index is 10.3. The summed E-state index contributed by atoms with van der Waals surface area (Å²) < 4.78 is 6.89. The number of aryl methyl sites for hydroxylation is 2. The predicted molar refractivity (Wildman–Crippen MR) is 75.1 cm³/mol. The number of fused-ring (bicyclic) bond motifs is 1. The molecule has 2 heterocycles. The summed E-state index contributed by atoms with van der Waals surface area (Å²) >= 11 is 0. The van der Waals surface area contributed by atoms with Crippen molar-refractivity contribution in [1.82, 2.24) is 25.0 Å². The summed E-state index contributed by atoms with van der Waals surface area (Å²) in [5.41, 5.74) is 1.82. The van der Waals surface area contributed by atoms with Crippen LogP contribution in [0.2, 0.25) is 0 Å². The molecule has 0 spiro atoms. The Bertz CT molecular complexity index is 676. The fraction of sp³-hybridized carbons (Fsp3) is 0.692. The van der Waals surface area contributed by atoms with E-state index in [0.29, 0.717) is 23.4 Å². The first kappa shape index (κ1) is 15.2. The van der Waals surface area contributed by atoms with Crippen LogP contribution < -0.4 is 0 Å². The fourth-order valence-corrected chi connectivity index (χ4v) is 2.90. The Morgan fingerprint density at radius 1 is 1.23 bits per heavy atom. The Labute approximate surface area is 126 Å². The maximum Gasteiger partial charge on any atom is 0.182 e. The van der Waals surface area contributed by atoms with Crippen molar-refractivity contribution in [2.24, 2.45) is 0 Å². The monoisotopic (exact) mass is 309 g/mol. The molecule has 22 heavy (non-hydrogen) atoms. The van der Waals surface area contributed by atoms with E-state index in [9.17, 15) is 10.2 Å². The number of rotatable bonds is 4. The van der Waals surface area contributed by atoms with Gasteiger partial charge in [0.2, 0.25) is 0 Å². The smallest absolute Gasteiger partial charge is 0.182 e.